The Morgan fingerprint density at radius 2 is 1.24 bits per heavy atom. The van der Waals surface area contributed by atoms with Crippen LogP contribution in [0.3, 0.4) is 0 Å². The first-order valence-electron chi connectivity index (χ1n) is 10.8. The number of rotatable bonds is 4. The van der Waals surface area contributed by atoms with Crippen molar-refractivity contribution in [2.45, 2.75) is 103 Å². The van der Waals surface area contributed by atoms with Crippen LogP contribution in [0.4, 0.5) is 8.78 Å². The molecule has 3 saturated carbocycles. The molecule has 0 amide bonds. The van der Waals surface area contributed by atoms with Gasteiger partial charge in [0.2, 0.25) is 0 Å². The second-order valence-electron chi connectivity index (χ2n) is 9.58. The molecule has 0 saturated heterocycles. The molecule has 0 radical (unpaired) electrons. The van der Waals surface area contributed by atoms with Crippen molar-refractivity contribution in [3.63, 3.8) is 0 Å². The molecule has 4 unspecified atom stereocenters. The lowest BCUT2D eigenvalue weighted by Crippen LogP contribution is -2.37. The minimum Gasteiger partial charge on any atom is -0.412 e. The van der Waals surface area contributed by atoms with Crippen LogP contribution < -0.4 is 0 Å². The predicted molar refractivity (Wildman–Crippen MR) is 105 cm³/mol. The molecular formula is C22H44F2O. The third kappa shape index (κ3) is 5.40. The van der Waals surface area contributed by atoms with Gasteiger partial charge in [0, 0.05) is 2.85 Å². The van der Waals surface area contributed by atoms with Gasteiger partial charge < -0.3 is 5.48 Å². The Morgan fingerprint density at radius 3 is 1.84 bits per heavy atom. The average molecular weight is 363 g/mol. The summed E-state index contributed by atoms with van der Waals surface area (Å²) in [5, 5.41) is 0. The van der Waals surface area contributed by atoms with Crippen LogP contribution in [0.5, 0.6) is 0 Å². The van der Waals surface area contributed by atoms with E-state index in [1.807, 2.05) is 6.92 Å². The lowest BCUT2D eigenvalue weighted by atomic mass is 9.68. The topological polar surface area (TPSA) is 31.5 Å². The minimum atomic E-state index is -1.21. The van der Waals surface area contributed by atoms with Gasteiger partial charge in [0.1, 0.15) is 12.3 Å². The standard InChI is InChI=1S/C22H38F2.H2O.2H2/c1-15-3-9-18(10-4-15)19-12-6-17(7-13-19)8-14-20-11-5-16(2)21(23)22(20)24;;;/h15-22H,3-14H2,1-2H3;1H2;2*1H. The highest BCUT2D eigenvalue weighted by Gasteiger charge is 2.38. The molecule has 25 heavy (non-hydrogen) atoms. The highest BCUT2D eigenvalue weighted by molar-refractivity contribution is 4.87. The number of alkyl halides is 2. The van der Waals surface area contributed by atoms with E-state index in [1.54, 1.807) is 0 Å². The highest BCUT2D eigenvalue weighted by Crippen LogP contribution is 2.43. The van der Waals surface area contributed by atoms with E-state index in [-0.39, 0.29) is 20.2 Å². The van der Waals surface area contributed by atoms with Crippen LogP contribution in [0.2, 0.25) is 0 Å². The summed E-state index contributed by atoms with van der Waals surface area (Å²) in [4.78, 5) is 0. The normalized spacial score (nSPS) is 45.6. The van der Waals surface area contributed by atoms with Crippen LogP contribution in [0.1, 0.15) is 93.8 Å². The summed E-state index contributed by atoms with van der Waals surface area (Å²) in [6.45, 7) is 4.26. The molecule has 4 atom stereocenters. The molecule has 3 heteroatoms. The smallest absolute Gasteiger partial charge is 0.134 e. The minimum absolute atomic E-state index is 0. The Bertz CT molecular complexity index is 383. The zero-order chi connectivity index (χ0) is 17.1. The molecule has 3 aliphatic carbocycles. The summed E-state index contributed by atoms with van der Waals surface area (Å²) >= 11 is 0. The summed E-state index contributed by atoms with van der Waals surface area (Å²) in [5.74, 6) is 3.61. The van der Waals surface area contributed by atoms with E-state index in [1.165, 1.54) is 51.4 Å². The Balaban J connectivity index is 0.00000225. The quantitative estimate of drug-likeness (QED) is 0.527. The third-order valence-corrected chi connectivity index (χ3v) is 7.86. The van der Waals surface area contributed by atoms with Gasteiger partial charge in [0.05, 0.1) is 0 Å². The third-order valence-electron chi connectivity index (χ3n) is 7.86. The van der Waals surface area contributed by atoms with Crippen LogP contribution in [0.15, 0.2) is 0 Å². The average Bonchev–Trinajstić information content (AvgIpc) is 2.60. The van der Waals surface area contributed by atoms with Gasteiger partial charge in [0.25, 0.3) is 0 Å². The van der Waals surface area contributed by atoms with E-state index < -0.39 is 12.3 Å². The molecule has 0 heterocycles. The summed E-state index contributed by atoms with van der Waals surface area (Å²) in [5.41, 5.74) is 0. The fraction of sp³-hybridized carbons (Fsp3) is 1.00. The molecule has 0 aromatic heterocycles. The van der Waals surface area contributed by atoms with E-state index in [0.717, 1.165) is 49.4 Å². The number of hydrogen-bond acceptors (Lipinski definition) is 0. The van der Waals surface area contributed by atoms with E-state index in [0.29, 0.717) is 0 Å². The molecule has 0 aromatic carbocycles. The van der Waals surface area contributed by atoms with Gasteiger partial charge in [-0.1, -0.05) is 46.0 Å². The second-order valence-corrected chi connectivity index (χ2v) is 9.58. The van der Waals surface area contributed by atoms with Crippen LogP contribution in [0, 0.1) is 35.5 Å². The summed E-state index contributed by atoms with van der Waals surface area (Å²) in [6, 6.07) is 0. The van der Waals surface area contributed by atoms with Crippen molar-refractivity contribution in [2.24, 2.45) is 35.5 Å². The highest BCUT2D eigenvalue weighted by atomic mass is 19.2. The molecule has 3 rings (SSSR count). The molecular weight excluding hydrogens is 318 g/mol. The van der Waals surface area contributed by atoms with Crippen molar-refractivity contribution < 1.29 is 17.1 Å². The molecule has 0 aromatic rings. The van der Waals surface area contributed by atoms with Gasteiger partial charge in [-0.3, -0.25) is 0 Å². The summed E-state index contributed by atoms with van der Waals surface area (Å²) < 4.78 is 28.1. The van der Waals surface area contributed by atoms with Crippen LogP contribution >= 0.6 is 0 Å². The van der Waals surface area contributed by atoms with Gasteiger partial charge in [-0.25, -0.2) is 8.78 Å². The Morgan fingerprint density at radius 1 is 0.680 bits per heavy atom. The Labute approximate surface area is 156 Å². The van der Waals surface area contributed by atoms with Gasteiger partial charge in [-0.2, -0.15) is 0 Å². The molecule has 1 nitrogen and oxygen atoms in total. The molecule has 2 N–H and O–H groups in total. The largest absolute Gasteiger partial charge is 0.412 e. The summed E-state index contributed by atoms with van der Waals surface area (Å²) in [7, 11) is 0. The van der Waals surface area contributed by atoms with E-state index in [2.05, 4.69) is 6.92 Å². The zero-order valence-electron chi connectivity index (χ0n) is 16.4. The van der Waals surface area contributed by atoms with Crippen LogP contribution in [0.25, 0.3) is 0 Å². The molecule has 0 bridgehead atoms. The van der Waals surface area contributed by atoms with Gasteiger partial charge >= 0.3 is 0 Å². The monoisotopic (exact) mass is 362 g/mol. The van der Waals surface area contributed by atoms with Crippen LogP contribution in [-0.2, 0) is 0 Å². The Kier molecular flexibility index (Phi) is 8.17. The van der Waals surface area contributed by atoms with Gasteiger partial charge in [-0.05, 0) is 80.5 Å². The maximum absolute atomic E-state index is 14.2. The van der Waals surface area contributed by atoms with Crippen molar-refractivity contribution >= 4 is 0 Å². The number of hydrogen-bond donors (Lipinski definition) is 0. The molecule has 152 valence electrons. The summed E-state index contributed by atoms with van der Waals surface area (Å²) in [6.07, 6.45) is 12.7. The zero-order valence-corrected chi connectivity index (χ0v) is 16.4. The van der Waals surface area contributed by atoms with E-state index in [9.17, 15) is 8.78 Å². The lowest BCUT2D eigenvalue weighted by molar-refractivity contribution is 0.0224. The van der Waals surface area contributed by atoms with Crippen LogP contribution in [-0.4, -0.2) is 17.8 Å². The molecule has 3 fully saturated rings. The predicted octanol–water partition coefficient (Wildman–Crippen LogP) is 6.79. The first-order valence-corrected chi connectivity index (χ1v) is 10.8. The van der Waals surface area contributed by atoms with Crippen molar-refractivity contribution in [2.75, 3.05) is 0 Å². The van der Waals surface area contributed by atoms with Gasteiger partial charge in [0.15, 0.2) is 0 Å². The maximum atomic E-state index is 14.2. The molecule has 0 aliphatic heterocycles. The Hall–Kier alpha value is -0.180. The first-order chi connectivity index (χ1) is 11.5. The lowest BCUT2D eigenvalue weighted by Gasteiger charge is -2.38. The first kappa shape index (κ1) is 21.1. The SMILES string of the molecule is CC1CCC(C2CCC(CCC3CCC(C)C(F)C3F)CC2)CC1.O.[HH].[HH]. The fourth-order valence-electron chi connectivity index (χ4n) is 5.83. The van der Waals surface area contributed by atoms with Crippen molar-refractivity contribution in [1.82, 2.24) is 0 Å². The van der Waals surface area contributed by atoms with Gasteiger partial charge in [-0.15, -0.1) is 0 Å². The number of halogens is 2. The molecule has 0 spiro atoms. The van der Waals surface area contributed by atoms with E-state index in [4.69, 9.17) is 0 Å². The van der Waals surface area contributed by atoms with Crippen molar-refractivity contribution in [3.8, 4) is 0 Å². The van der Waals surface area contributed by atoms with Crippen molar-refractivity contribution in [1.29, 1.82) is 0 Å². The maximum Gasteiger partial charge on any atom is 0.134 e. The van der Waals surface area contributed by atoms with E-state index >= 15 is 0 Å². The fourth-order valence-corrected chi connectivity index (χ4v) is 5.83. The van der Waals surface area contributed by atoms with Crippen molar-refractivity contribution in [3.05, 3.63) is 0 Å². The second kappa shape index (κ2) is 9.67. The molecule has 3 aliphatic rings.